The third-order valence-electron chi connectivity index (χ3n) is 3.31. The van der Waals surface area contributed by atoms with E-state index in [2.05, 4.69) is 16.0 Å². The topological polar surface area (TPSA) is 70.2 Å². The van der Waals surface area contributed by atoms with Gasteiger partial charge in [-0.2, -0.15) is 0 Å². The fourth-order valence-corrected chi connectivity index (χ4v) is 2.83. The van der Waals surface area contributed by atoms with Gasteiger partial charge in [-0.15, -0.1) is 11.3 Å². The normalized spacial score (nSPS) is 10.4. The number of amides is 2. The van der Waals surface area contributed by atoms with Gasteiger partial charge in [-0.1, -0.05) is 18.2 Å². The van der Waals surface area contributed by atoms with Crippen LogP contribution in [0.4, 0.5) is 5.69 Å². The van der Waals surface area contributed by atoms with Crippen molar-refractivity contribution in [2.75, 3.05) is 12.4 Å². The number of benzene rings is 1. The molecule has 0 fully saturated rings. The van der Waals surface area contributed by atoms with Crippen molar-refractivity contribution < 1.29 is 9.59 Å². The number of carbonyl (C=O) groups excluding carboxylic acids is 2. The Kier molecular flexibility index (Phi) is 7.31. The maximum absolute atomic E-state index is 11.8. The molecule has 2 amide bonds. The summed E-state index contributed by atoms with van der Waals surface area (Å²) in [5, 5.41) is 10.3. The predicted octanol–water partition coefficient (Wildman–Crippen LogP) is 2.95. The van der Waals surface area contributed by atoms with E-state index in [4.69, 9.17) is 12.2 Å². The summed E-state index contributed by atoms with van der Waals surface area (Å²) >= 11 is 6.69. The molecule has 0 aliphatic carbocycles. The van der Waals surface area contributed by atoms with Crippen molar-refractivity contribution in [3.05, 3.63) is 58.3 Å². The van der Waals surface area contributed by atoms with Gasteiger partial charge in [0, 0.05) is 30.1 Å². The van der Waals surface area contributed by atoms with Crippen molar-refractivity contribution in [2.45, 2.75) is 12.8 Å². The molecule has 0 aliphatic heterocycles. The number of hydrogen-bond donors (Lipinski definition) is 3. The Morgan fingerprint density at radius 3 is 2.60 bits per heavy atom. The van der Waals surface area contributed by atoms with Crippen molar-refractivity contribution in [3.63, 3.8) is 0 Å². The molecule has 25 heavy (non-hydrogen) atoms. The smallest absolute Gasteiger partial charge is 0.250 e. The number of aryl methyl sites for hydroxylation is 1. The van der Waals surface area contributed by atoms with Crippen LogP contribution in [0.25, 0.3) is 6.08 Å². The molecule has 0 bridgehead atoms. The minimum Gasteiger partial charge on any atom is -0.359 e. The zero-order valence-electron chi connectivity index (χ0n) is 13.7. The Morgan fingerprint density at radius 2 is 1.96 bits per heavy atom. The summed E-state index contributed by atoms with van der Waals surface area (Å²) in [6, 6.07) is 11.4. The standard InChI is InChI=1S/C18H19N3O2S2/c1-19-16(22)10-6-13-4-7-14(8-5-13)20-18(24)21-17(23)11-9-15-3-2-12-25-15/h2-5,7-9,11-12H,6,10H2,1H3,(H,19,22)(H2,20,21,23,24)/b11-9+. The highest BCUT2D eigenvalue weighted by Crippen LogP contribution is 2.11. The second kappa shape index (κ2) is 9.71. The molecule has 0 spiro atoms. The van der Waals surface area contributed by atoms with Crippen molar-refractivity contribution in [1.82, 2.24) is 10.6 Å². The monoisotopic (exact) mass is 373 g/mol. The van der Waals surface area contributed by atoms with Crippen LogP contribution in [0.3, 0.4) is 0 Å². The maximum atomic E-state index is 11.8. The van der Waals surface area contributed by atoms with Crippen LogP contribution in [-0.2, 0) is 16.0 Å². The molecule has 0 radical (unpaired) electrons. The fraction of sp³-hybridized carbons (Fsp3) is 0.167. The summed E-state index contributed by atoms with van der Waals surface area (Å²) in [4.78, 5) is 24.1. The molecular formula is C18H19N3O2S2. The average molecular weight is 374 g/mol. The Hall–Kier alpha value is -2.51. The molecule has 5 nitrogen and oxygen atoms in total. The summed E-state index contributed by atoms with van der Waals surface area (Å²) in [6.07, 6.45) is 4.31. The second-order valence-electron chi connectivity index (χ2n) is 5.16. The lowest BCUT2D eigenvalue weighted by Gasteiger charge is -2.09. The molecule has 2 aromatic rings. The molecule has 2 rings (SSSR count). The van der Waals surface area contributed by atoms with Gasteiger partial charge < -0.3 is 10.6 Å². The Labute approximate surface area is 156 Å². The van der Waals surface area contributed by atoms with Gasteiger partial charge in [0.2, 0.25) is 11.8 Å². The Balaban J connectivity index is 1.79. The van der Waals surface area contributed by atoms with Crippen LogP contribution >= 0.6 is 23.6 Å². The van der Waals surface area contributed by atoms with Gasteiger partial charge in [0.25, 0.3) is 0 Å². The van der Waals surface area contributed by atoms with E-state index in [1.54, 1.807) is 24.5 Å². The zero-order chi connectivity index (χ0) is 18.1. The number of nitrogens with one attached hydrogen (secondary N) is 3. The van der Waals surface area contributed by atoms with E-state index in [1.807, 2.05) is 41.8 Å². The van der Waals surface area contributed by atoms with E-state index < -0.39 is 0 Å². The molecule has 130 valence electrons. The predicted molar refractivity (Wildman–Crippen MR) is 107 cm³/mol. The SMILES string of the molecule is CNC(=O)CCc1ccc(NC(=S)NC(=O)/C=C/c2cccs2)cc1. The van der Waals surface area contributed by atoms with Crippen LogP contribution in [-0.4, -0.2) is 24.0 Å². The van der Waals surface area contributed by atoms with Gasteiger partial charge >= 0.3 is 0 Å². The lowest BCUT2D eigenvalue weighted by molar-refractivity contribution is -0.120. The number of rotatable bonds is 6. The van der Waals surface area contributed by atoms with E-state index in [1.165, 1.54) is 6.08 Å². The summed E-state index contributed by atoms with van der Waals surface area (Å²) in [7, 11) is 1.63. The van der Waals surface area contributed by atoms with Crippen molar-refractivity contribution in [1.29, 1.82) is 0 Å². The lowest BCUT2D eigenvalue weighted by Crippen LogP contribution is -2.32. The minimum atomic E-state index is -0.284. The van der Waals surface area contributed by atoms with Crippen LogP contribution in [0.5, 0.6) is 0 Å². The van der Waals surface area contributed by atoms with E-state index in [-0.39, 0.29) is 16.9 Å². The van der Waals surface area contributed by atoms with Gasteiger partial charge in [0.05, 0.1) is 0 Å². The van der Waals surface area contributed by atoms with E-state index in [9.17, 15) is 9.59 Å². The first kappa shape index (κ1) is 18.8. The quantitative estimate of drug-likeness (QED) is 0.538. The molecule has 0 saturated heterocycles. The fourth-order valence-electron chi connectivity index (χ4n) is 2.00. The van der Waals surface area contributed by atoms with Crippen molar-refractivity contribution in [2.24, 2.45) is 0 Å². The van der Waals surface area contributed by atoms with Gasteiger partial charge in [-0.05, 0) is 53.9 Å². The first-order valence-electron chi connectivity index (χ1n) is 7.70. The highest BCUT2D eigenvalue weighted by atomic mass is 32.1. The number of anilines is 1. The molecular weight excluding hydrogens is 354 g/mol. The third-order valence-corrected chi connectivity index (χ3v) is 4.35. The Bertz CT molecular complexity index is 753. The molecule has 0 atom stereocenters. The molecule has 0 saturated carbocycles. The third kappa shape index (κ3) is 6.86. The summed E-state index contributed by atoms with van der Waals surface area (Å²) in [5.41, 5.74) is 1.83. The molecule has 0 aliphatic rings. The molecule has 1 aromatic carbocycles. The van der Waals surface area contributed by atoms with Gasteiger partial charge in [0.1, 0.15) is 0 Å². The van der Waals surface area contributed by atoms with Gasteiger partial charge in [-0.3, -0.25) is 14.9 Å². The molecule has 1 heterocycles. The first-order chi connectivity index (χ1) is 12.1. The van der Waals surface area contributed by atoms with E-state index >= 15 is 0 Å². The Morgan fingerprint density at radius 1 is 1.20 bits per heavy atom. The van der Waals surface area contributed by atoms with E-state index in [0.717, 1.165) is 16.1 Å². The van der Waals surface area contributed by atoms with Gasteiger partial charge in [-0.25, -0.2) is 0 Å². The lowest BCUT2D eigenvalue weighted by atomic mass is 10.1. The zero-order valence-corrected chi connectivity index (χ0v) is 15.4. The summed E-state index contributed by atoms with van der Waals surface area (Å²) in [5.74, 6) is -0.269. The molecule has 1 aromatic heterocycles. The highest BCUT2D eigenvalue weighted by Gasteiger charge is 2.03. The number of hydrogen-bond acceptors (Lipinski definition) is 4. The summed E-state index contributed by atoms with van der Waals surface area (Å²) in [6.45, 7) is 0. The molecule has 3 N–H and O–H groups in total. The largest absolute Gasteiger partial charge is 0.359 e. The minimum absolute atomic E-state index is 0.0155. The number of thiophene rings is 1. The van der Waals surface area contributed by atoms with E-state index in [0.29, 0.717) is 12.8 Å². The second-order valence-corrected chi connectivity index (χ2v) is 6.55. The van der Waals surface area contributed by atoms with Crippen molar-refractivity contribution in [3.8, 4) is 0 Å². The molecule has 7 heteroatoms. The summed E-state index contributed by atoms with van der Waals surface area (Å²) < 4.78 is 0. The van der Waals surface area contributed by atoms with Crippen LogP contribution in [0, 0.1) is 0 Å². The van der Waals surface area contributed by atoms with Crippen LogP contribution in [0.2, 0.25) is 0 Å². The average Bonchev–Trinajstić information content (AvgIpc) is 3.12. The number of carbonyl (C=O) groups is 2. The maximum Gasteiger partial charge on any atom is 0.250 e. The molecule has 0 unspecified atom stereocenters. The highest BCUT2D eigenvalue weighted by molar-refractivity contribution is 7.80. The van der Waals surface area contributed by atoms with Crippen LogP contribution in [0.15, 0.2) is 47.9 Å². The van der Waals surface area contributed by atoms with Gasteiger partial charge in [0.15, 0.2) is 5.11 Å². The number of thiocarbonyl (C=S) groups is 1. The van der Waals surface area contributed by atoms with Crippen LogP contribution in [0.1, 0.15) is 16.9 Å². The van der Waals surface area contributed by atoms with Crippen molar-refractivity contribution >= 4 is 52.2 Å². The van der Waals surface area contributed by atoms with Crippen LogP contribution < -0.4 is 16.0 Å². The first-order valence-corrected chi connectivity index (χ1v) is 8.98.